The Hall–Kier alpha value is -2.60. The van der Waals surface area contributed by atoms with E-state index in [0.29, 0.717) is 23.6 Å². The topological polar surface area (TPSA) is 76.6 Å². The summed E-state index contributed by atoms with van der Waals surface area (Å²) in [6.45, 7) is 3.13. The lowest BCUT2D eigenvalue weighted by Crippen LogP contribution is -2.70. The lowest BCUT2D eigenvalue weighted by molar-refractivity contribution is -0.102. The number of hydrogen-bond acceptors (Lipinski definition) is 4. The quantitative estimate of drug-likeness (QED) is 0.720. The van der Waals surface area contributed by atoms with Gasteiger partial charge >= 0.3 is 0 Å². The van der Waals surface area contributed by atoms with Gasteiger partial charge in [0.05, 0.1) is 0 Å². The Morgan fingerprint density at radius 2 is 2.06 bits per heavy atom. The van der Waals surface area contributed by atoms with E-state index in [1.165, 1.54) is 43.0 Å². The van der Waals surface area contributed by atoms with Crippen LogP contribution in [0.4, 0.5) is 0 Å². The summed E-state index contributed by atoms with van der Waals surface area (Å²) in [6.07, 6.45) is 11.5. The number of aromatic hydroxyl groups is 1. The number of carbonyl (C=O) groups excluding carboxylic acids is 1. The zero-order chi connectivity index (χ0) is 23.5. The van der Waals surface area contributed by atoms with E-state index in [2.05, 4.69) is 26.9 Å². The molecule has 5 fully saturated rings. The van der Waals surface area contributed by atoms with Crippen LogP contribution in [0.3, 0.4) is 0 Å². The minimum Gasteiger partial charge on any atom is -0.508 e. The average molecular weight is 472 g/mol. The highest BCUT2D eigenvalue weighted by molar-refractivity contribution is 5.94. The number of hydrogen-bond donors (Lipinski definition) is 2. The van der Waals surface area contributed by atoms with Crippen LogP contribution in [0.1, 0.15) is 60.0 Å². The molecule has 0 unspecified atom stereocenters. The minimum atomic E-state index is -0.199. The lowest BCUT2D eigenvalue weighted by atomic mass is 9.43. The van der Waals surface area contributed by atoms with E-state index in [-0.39, 0.29) is 33.8 Å². The van der Waals surface area contributed by atoms with Crippen molar-refractivity contribution >= 4 is 5.91 Å². The summed E-state index contributed by atoms with van der Waals surface area (Å²) >= 11 is 0. The third kappa shape index (κ3) is 2.49. The van der Waals surface area contributed by atoms with Crippen LogP contribution in [0.5, 0.6) is 5.75 Å². The number of carbonyl (C=O) groups is 1. The van der Waals surface area contributed by atoms with Crippen molar-refractivity contribution in [3.8, 4) is 5.75 Å². The number of nitrogens with zero attached hydrogens (tertiary/aromatic N) is 2. The average Bonchev–Trinajstić information content (AvgIpc) is 3.54. The highest BCUT2D eigenvalue weighted by Gasteiger charge is 2.76. The molecule has 182 valence electrons. The number of piperidine rings is 1. The number of phenols is 1. The number of phenolic OH excluding ortho intramolecular Hbond substituents is 1. The molecule has 3 saturated carbocycles. The van der Waals surface area contributed by atoms with Gasteiger partial charge in [-0.1, -0.05) is 6.07 Å². The van der Waals surface area contributed by atoms with Crippen molar-refractivity contribution in [1.29, 1.82) is 0 Å². The van der Waals surface area contributed by atoms with Gasteiger partial charge in [-0.2, -0.15) is 0 Å². The minimum absolute atomic E-state index is 0.0236. The van der Waals surface area contributed by atoms with Gasteiger partial charge in [0.2, 0.25) is 0 Å². The van der Waals surface area contributed by atoms with Crippen molar-refractivity contribution in [2.24, 2.45) is 23.2 Å². The third-order valence-electron chi connectivity index (χ3n) is 11.1. The Morgan fingerprint density at radius 3 is 2.89 bits per heavy atom. The summed E-state index contributed by atoms with van der Waals surface area (Å²) in [4.78, 5) is 34.0. The molecule has 6 heteroatoms. The lowest BCUT2D eigenvalue weighted by Gasteiger charge is -2.66. The van der Waals surface area contributed by atoms with Crippen molar-refractivity contribution < 1.29 is 9.90 Å². The SMILES string of the molecule is O=C(c1c[nH]ccc1=O)N1C[C@H]2C[C@@]34CC[C@@H]1[C@@H]2[C@@]31CCN(CC2CC2)[C@@H]4Cc2ccc(O)cc21. The largest absolute Gasteiger partial charge is 0.508 e. The Morgan fingerprint density at radius 1 is 1.17 bits per heavy atom. The second kappa shape index (κ2) is 6.78. The summed E-state index contributed by atoms with van der Waals surface area (Å²) in [6, 6.07) is 8.32. The van der Waals surface area contributed by atoms with E-state index in [0.717, 1.165) is 44.7 Å². The molecule has 0 radical (unpaired) electrons. The van der Waals surface area contributed by atoms with Gasteiger partial charge in [0.1, 0.15) is 11.3 Å². The maximum atomic E-state index is 13.7. The number of H-pyrrole nitrogens is 1. The van der Waals surface area contributed by atoms with Gasteiger partial charge in [0, 0.05) is 49.0 Å². The predicted molar refractivity (Wildman–Crippen MR) is 131 cm³/mol. The molecular weight excluding hydrogens is 438 g/mol. The molecule has 6 aliphatic rings. The number of rotatable bonds is 3. The molecule has 1 aromatic carbocycles. The molecule has 6 nitrogen and oxygen atoms in total. The fraction of sp³-hybridized carbons (Fsp3) is 0.586. The van der Waals surface area contributed by atoms with E-state index in [1.807, 2.05) is 6.07 Å². The van der Waals surface area contributed by atoms with Crippen molar-refractivity contribution in [2.75, 3.05) is 19.6 Å². The first-order valence-electron chi connectivity index (χ1n) is 13.6. The molecule has 8 rings (SSSR count). The van der Waals surface area contributed by atoms with Crippen LogP contribution in [-0.2, 0) is 11.8 Å². The number of pyridine rings is 1. The van der Waals surface area contributed by atoms with E-state index >= 15 is 0 Å². The van der Waals surface area contributed by atoms with Crippen LogP contribution in [0, 0.1) is 23.2 Å². The molecule has 4 bridgehead atoms. The van der Waals surface area contributed by atoms with Gasteiger partial charge in [-0.15, -0.1) is 0 Å². The van der Waals surface area contributed by atoms with Crippen LogP contribution in [0.15, 0.2) is 41.5 Å². The zero-order valence-electron chi connectivity index (χ0n) is 20.1. The van der Waals surface area contributed by atoms with Crippen molar-refractivity contribution in [2.45, 2.75) is 62.4 Å². The standard InChI is InChI=1S/C29H33N3O3/c33-20-4-3-18-11-25-28-7-5-23-26(29(28,22(18)12-20)8-10-31(25)15-17-1-2-17)19(13-28)16-32(23)27(35)21-14-30-9-6-24(21)34/h3-4,6,9,12,14,17,19,23,25-26,33H,1-2,5,7-8,10-11,13,15-16H2,(H,30,34)/t19-,23-,25-,26-,28-,29+/m1/s1. The smallest absolute Gasteiger partial charge is 0.259 e. The van der Waals surface area contributed by atoms with Crippen LogP contribution >= 0.6 is 0 Å². The summed E-state index contributed by atoms with van der Waals surface area (Å²) < 4.78 is 0. The second-order valence-corrected chi connectivity index (χ2v) is 12.4. The van der Waals surface area contributed by atoms with Gasteiger partial charge in [0.15, 0.2) is 5.43 Å². The highest BCUT2D eigenvalue weighted by Crippen LogP contribution is 2.75. The molecule has 2 saturated heterocycles. The van der Waals surface area contributed by atoms with E-state index in [9.17, 15) is 14.7 Å². The number of amides is 1. The molecule has 0 spiro atoms. The van der Waals surface area contributed by atoms with E-state index < -0.39 is 0 Å². The first-order valence-corrected chi connectivity index (χ1v) is 13.6. The van der Waals surface area contributed by atoms with Gasteiger partial charge < -0.3 is 15.0 Å². The molecule has 35 heavy (non-hydrogen) atoms. The Kier molecular flexibility index (Phi) is 3.99. The maximum absolute atomic E-state index is 13.7. The van der Waals surface area contributed by atoms with E-state index in [4.69, 9.17) is 0 Å². The van der Waals surface area contributed by atoms with Gasteiger partial charge in [-0.25, -0.2) is 0 Å². The van der Waals surface area contributed by atoms with Crippen molar-refractivity contribution in [1.82, 2.24) is 14.8 Å². The number of likely N-dealkylation sites (tertiary alicyclic amines) is 2. The zero-order valence-corrected chi connectivity index (χ0v) is 20.1. The maximum Gasteiger partial charge on any atom is 0.259 e. The molecule has 2 aromatic rings. The summed E-state index contributed by atoms with van der Waals surface area (Å²) in [5.74, 6) is 2.02. The fourth-order valence-corrected chi connectivity index (χ4v) is 9.92. The highest BCUT2D eigenvalue weighted by atomic mass is 16.3. The summed E-state index contributed by atoms with van der Waals surface area (Å²) in [5.41, 5.74) is 3.12. The monoisotopic (exact) mass is 471 g/mol. The Balaban J connectivity index is 1.25. The first kappa shape index (κ1) is 20.6. The van der Waals surface area contributed by atoms with Crippen LogP contribution in [-0.4, -0.2) is 57.5 Å². The van der Waals surface area contributed by atoms with E-state index in [1.54, 1.807) is 12.4 Å². The predicted octanol–water partition coefficient (Wildman–Crippen LogP) is 3.30. The summed E-state index contributed by atoms with van der Waals surface area (Å²) in [5, 5.41) is 10.6. The third-order valence-corrected chi connectivity index (χ3v) is 11.1. The number of aromatic nitrogens is 1. The van der Waals surface area contributed by atoms with Crippen LogP contribution < -0.4 is 5.43 Å². The van der Waals surface area contributed by atoms with Gasteiger partial charge in [-0.05, 0) is 97.9 Å². The molecule has 6 atom stereocenters. The number of nitrogens with one attached hydrogen (secondary N) is 1. The van der Waals surface area contributed by atoms with Crippen LogP contribution in [0.25, 0.3) is 0 Å². The fourth-order valence-electron chi connectivity index (χ4n) is 9.92. The molecule has 2 N–H and O–H groups in total. The molecule has 1 amide bonds. The second-order valence-electron chi connectivity index (χ2n) is 12.4. The van der Waals surface area contributed by atoms with Gasteiger partial charge in [-0.3, -0.25) is 14.5 Å². The Labute approximate surface area is 205 Å². The van der Waals surface area contributed by atoms with Crippen molar-refractivity contribution in [3.63, 3.8) is 0 Å². The number of benzene rings is 1. The number of fused-ring (bicyclic) bond motifs is 1. The summed E-state index contributed by atoms with van der Waals surface area (Å²) in [7, 11) is 0. The normalized spacial score (nSPS) is 38.8. The van der Waals surface area contributed by atoms with Crippen molar-refractivity contribution in [3.05, 3.63) is 63.6 Å². The van der Waals surface area contributed by atoms with Gasteiger partial charge in [0.25, 0.3) is 5.91 Å². The first-order chi connectivity index (χ1) is 17.0. The Bertz CT molecular complexity index is 1300. The molecular formula is C29H33N3O3. The molecule has 4 aliphatic carbocycles. The van der Waals surface area contributed by atoms with Crippen LogP contribution in [0.2, 0.25) is 0 Å². The molecule has 2 aliphatic heterocycles. The molecule has 3 heterocycles. The number of aromatic amines is 1. The molecule has 1 aromatic heterocycles.